The Balaban J connectivity index is 1.48. The third kappa shape index (κ3) is 4.94. The van der Waals surface area contributed by atoms with Gasteiger partial charge in [0.05, 0.1) is 18.1 Å². The number of rotatable bonds is 6. The summed E-state index contributed by atoms with van der Waals surface area (Å²) in [6.45, 7) is 2.09. The Morgan fingerprint density at radius 1 is 1.38 bits per heavy atom. The van der Waals surface area contributed by atoms with Crippen molar-refractivity contribution < 1.29 is 37.3 Å². The van der Waals surface area contributed by atoms with Crippen LogP contribution in [0.2, 0.25) is 0 Å². The molecule has 34 heavy (non-hydrogen) atoms. The van der Waals surface area contributed by atoms with E-state index in [4.69, 9.17) is 23.0 Å². The predicted molar refractivity (Wildman–Crippen MR) is 112 cm³/mol. The zero-order valence-corrected chi connectivity index (χ0v) is 18.9. The van der Waals surface area contributed by atoms with E-state index in [1.54, 1.807) is 0 Å². The summed E-state index contributed by atoms with van der Waals surface area (Å²) in [5, 5.41) is 10.9. The van der Waals surface area contributed by atoms with Gasteiger partial charge in [-0.15, -0.1) is 0 Å². The fourth-order valence-electron chi connectivity index (χ4n) is 3.56. The van der Waals surface area contributed by atoms with Crippen molar-refractivity contribution in [3.63, 3.8) is 0 Å². The van der Waals surface area contributed by atoms with Crippen molar-refractivity contribution >= 4 is 19.5 Å². The third-order valence-electron chi connectivity index (χ3n) is 5.19. The fourth-order valence-corrected chi connectivity index (χ4v) is 4.79. The van der Waals surface area contributed by atoms with Gasteiger partial charge in [0.15, 0.2) is 0 Å². The zero-order valence-electron chi connectivity index (χ0n) is 18.0. The highest BCUT2D eigenvalue weighted by Gasteiger charge is 2.42. The first-order valence-corrected chi connectivity index (χ1v) is 11.5. The van der Waals surface area contributed by atoms with E-state index in [9.17, 15) is 29.1 Å². The average Bonchev–Trinajstić information content (AvgIpc) is 3.16. The number of aryl methyl sites for hydroxylation is 1. The lowest BCUT2D eigenvalue weighted by Crippen LogP contribution is -2.33. The van der Waals surface area contributed by atoms with Crippen LogP contribution in [0.25, 0.3) is 0 Å². The average molecular weight is 497 g/mol. The number of esters is 1. The number of benzene rings is 1. The smallest absolute Gasteiger partial charge is 0.460 e. The third-order valence-corrected chi connectivity index (χ3v) is 6.53. The van der Waals surface area contributed by atoms with E-state index in [1.807, 2.05) is 0 Å². The summed E-state index contributed by atoms with van der Waals surface area (Å²) >= 11 is 0. The van der Waals surface area contributed by atoms with Crippen molar-refractivity contribution in [3.8, 4) is 5.75 Å². The minimum atomic E-state index is -4.12. The summed E-state index contributed by atoms with van der Waals surface area (Å²) in [7, 11) is -4.12. The van der Waals surface area contributed by atoms with Gasteiger partial charge < -0.3 is 14.0 Å². The van der Waals surface area contributed by atoms with Crippen molar-refractivity contribution in [2.24, 2.45) is 0 Å². The van der Waals surface area contributed by atoms with Crippen LogP contribution in [0, 0.1) is 17.0 Å². The van der Waals surface area contributed by atoms with Gasteiger partial charge in [-0.1, -0.05) is 0 Å². The molecule has 0 spiro atoms. The molecule has 0 saturated carbocycles. The largest absolute Gasteiger partial charge is 0.530 e. The Morgan fingerprint density at radius 2 is 2.15 bits per heavy atom. The molecular formula is C19H20N3O11P. The number of aromatic amines is 1. The van der Waals surface area contributed by atoms with Crippen LogP contribution >= 0.6 is 7.82 Å². The molecule has 2 aromatic rings. The molecule has 2 aliphatic rings. The van der Waals surface area contributed by atoms with Gasteiger partial charge in [0.2, 0.25) is 0 Å². The number of carbonyl (C=O) groups is 1. The standard InChI is InChI=1S/C19H20N3O11P/c1-10-7-21(19(25)20-18(10)24)17-6-15(31-11(2)23)16(32-17)9-30-34(28)29-8-12-5-13(22(26)27)3-4-14(12)33-34/h3-5,7,15-17H,6,8-9H2,1-2H3,(H,20,24,25)/t15?,16-,17-,34?/m1/s1. The van der Waals surface area contributed by atoms with E-state index in [-0.39, 0.29) is 36.6 Å². The number of carbonyl (C=O) groups excluding carboxylic acids is 1. The summed E-state index contributed by atoms with van der Waals surface area (Å²) in [6.07, 6.45) is -1.29. The topological polar surface area (TPSA) is 178 Å². The number of non-ortho nitro benzene ring substituents is 1. The molecule has 1 saturated heterocycles. The molecule has 15 heteroatoms. The second-order valence-electron chi connectivity index (χ2n) is 7.65. The highest BCUT2D eigenvalue weighted by atomic mass is 31.2. The van der Waals surface area contributed by atoms with Crippen molar-refractivity contribution in [1.29, 1.82) is 0 Å². The van der Waals surface area contributed by atoms with Gasteiger partial charge in [0.1, 0.15) is 24.2 Å². The SMILES string of the molecule is CC(=O)OC1C[C@H](n2cc(C)c(=O)[nH]c2=O)O[C@@H]1COP1(=O)OCc2cc([N+](=O)[O-])ccc2O1. The number of nitro groups is 1. The van der Waals surface area contributed by atoms with E-state index in [1.165, 1.54) is 38.2 Å². The lowest BCUT2D eigenvalue weighted by molar-refractivity contribution is -0.385. The minimum Gasteiger partial charge on any atom is -0.460 e. The van der Waals surface area contributed by atoms with E-state index in [0.717, 1.165) is 4.57 Å². The number of ether oxygens (including phenoxy) is 2. The zero-order chi connectivity index (χ0) is 24.6. The highest BCUT2D eigenvalue weighted by molar-refractivity contribution is 7.49. The summed E-state index contributed by atoms with van der Waals surface area (Å²) in [5.74, 6) is -0.492. The molecule has 4 rings (SSSR count). The Kier molecular flexibility index (Phi) is 6.41. The predicted octanol–water partition coefficient (Wildman–Crippen LogP) is 1.71. The Labute approximate surface area is 191 Å². The number of nitro benzene ring substituents is 1. The van der Waals surface area contributed by atoms with Crippen LogP contribution in [-0.4, -0.2) is 39.3 Å². The number of fused-ring (bicyclic) bond motifs is 1. The second-order valence-corrected chi connectivity index (χ2v) is 9.24. The van der Waals surface area contributed by atoms with Crippen molar-refractivity contribution in [2.45, 2.75) is 45.3 Å². The molecule has 2 aliphatic heterocycles. The maximum Gasteiger partial charge on any atom is 0.530 e. The van der Waals surface area contributed by atoms with Crippen LogP contribution in [0.4, 0.5) is 5.69 Å². The molecule has 1 N–H and O–H groups in total. The van der Waals surface area contributed by atoms with E-state index in [2.05, 4.69) is 4.98 Å². The van der Waals surface area contributed by atoms with Gasteiger partial charge in [-0.05, 0) is 13.0 Å². The van der Waals surface area contributed by atoms with E-state index < -0.39 is 48.4 Å². The van der Waals surface area contributed by atoms with Crippen LogP contribution in [0.1, 0.15) is 30.7 Å². The molecule has 182 valence electrons. The van der Waals surface area contributed by atoms with Crippen molar-refractivity contribution in [1.82, 2.24) is 9.55 Å². The number of hydrogen-bond donors (Lipinski definition) is 1. The maximum atomic E-state index is 12.9. The molecule has 0 aliphatic carbocycles. The van der Waals surface area contributed by atoms with Gasteiger partial charge in [-0.25, -0.2) is 9.36 Å². The summed E-state index contributed by atoms with van der Waals surface area (Å²) in [4.78, 5) is 47.9. The van der Waals surface area contributed by atoms with E-state index in [0.29, 0.717) is 5.56 Å². The Morgan fingerprint density at radius 3 is 2.85 bits per heavy atom. The van der Waals surface area contributed by atoms with Gasteiger partial charge in [-0.3, -0.25) is 38.3 Å². The molecule has 1 aromatic carbocycles. The van der Waals surface area contributed by atoms with Crippen molar-refractivity contribution in [2.75, 3.05) is 6.61 Å². The van der Waals surface area contributed by atoms with Gasteiger partial charge in [-0.2, -0.15) is 0 Å². The molecule has 14 nitrogen and oxygen atoms in total. The first-order chi connectivity index (χ1) is 16.0. The van der Waals surface area contributed by atoms with Gasteiger partial charge in [0, 0.05) is 42.8 Å². The minimum absolute atomic E-state index is 0.0670. The molecule has 1 aromatic heterocycles. The second kappa shape index (κ2) is 9.14. The number of aromatic nitrogens is 2. The van der Waals surface area contributed by atoms with Crippen molar-refractivity contribution in [3.05, 3.63) is 66.5 Å². The van der Waals surface area contributed by atoms with Crippen LogP contribution in [0.3, 0.4) is 0 Å². The maximum absolute atomic E-state index is 12.9. The first-order valence-electron chi connectivity index (χ1n) is 10.1. The molecule has 3 heterocycles. The van der Waals surface area contributed by atoms with E-state index >= 15 is 0 Å². The molecule has 2 unspecified atom stereocenters. The number of phosphoric ester groups is 1. The molecule has 0 amide bonds. The van der Waals surface area contributed by atoms with Crippen LogP contribution < -0.4 is 15.8 Å². The molecule has 1 fully saturated rings. The molecular weight excluding hydrogens is 477 g/mol. The Hall–Kier alpha value is -3.32. The van der Waals surface area contributed by atoms with Crippen LogP contribution in [0.15, 0.2) is 34.0 Å². The number of nitrogens with one attached hydrogen (secondary N) is 1. The monoisotopic (exact) mass is 497 g/mol. The van der Waals surface area contributed by atoms with Crippen LogP contribution in [0.5, 0.6) is 5.75 Å². The number of phosphoric acid groups is 1. The normalized spacial score (nSPS) is 25.9. The first kappa shape index (κ1) is 23.8. The number of H-pyrrole nitrogens is 1. The molecule has 0 bridgehead atoms. The quantitative estimate of drug-likeness (QED) is 0.266. The Bertz CT molecular complexity index is 1300. The highest BCUT2D eigenvalue weighted by Crippen LogP contribution is 2.55. The molecule has 4 atom stereocenters. The number of nitrogens with zero attached hydrogens (tertiary/aromatic N) is 2. The summed E-state index contributed by atoms with van der Waals surface area (Å²) < 4.78 is 41.1. The van der Waals surface area contributed by atoms with Gasteiger partial charge in [0.25, 0.3) is 11.2 Å². The summed E-state index contributed by atoms with van der Waals surface area (Å²) in [6, 6.07) is 3.73. The molecule has 0 radical (unpaired) electrons. The summed E-state index contributed by atoms with van der Waals surface area (Å²) in [5.41, 5.74) is -0.815. The lowest BCUT2D eigenvalue weighted by atomic mass is 10.2. The van der Waals surface area contributed by atoms with Crippen LogP contribution in [-0.2, 0) is 34.5 Å². The fraction of sp³-hybridized carbons (Fsp3) is 0.421. The lowest BCUT2D eigenvalue weighted by Gasteiger charge is -2.26. The van der Waals surface area contributed by atoms with Gasteiger partial charge >= 0.3 is 19.5 Å². The number of hydrogen-bond acceptors (Lipinski definition) is 11.